The van der Waals surface area contributed by atoms with Gasteiger partial charge in [0.2, 0.25) is 11.8 Å². The van der Waals surface area contributed by atoms with Crippen molar-refractivity contribution in [2.24, 2.45) is 0 Å². The van der Waals surface area contributed by atoms with Crippen molar-refractivity contribution >= 4 is 5.91 Å². The Balaban J connectivity index is 1.89. The number of rotatable bonds is 4. The quantitative estimate of drug-likeness (QED) is 0.858. The van der Waals surface area contributed by atoms with Crippen LogP contribution in [-0.4, -0.2) is 46.9 Å². The van der Waals surface area contributed by atoms with Crippen molar-refractivity contribution in [1.29, 1.82) is 0 Å². The summed E-state index contributed by atoms with van der Waals surface area (Å²) < 4.78 is 5.87. The van der Waals surface area contributed by atoms with Crippen LogP contribution in [0.2, 0.25) is 0 Å². The Morgan fingerprint density at radius 1 is 1.27 bits per heavy atom. The van der Waals surface area contributed by atoms with Gasteiger partial charge in [0.1, 0.15) is 5.76 Å². The van der Waals surface area contributed by atoms with Crippen LogP contribution in [0.3, 0.4) is 0 Å². The van der Waals surface area contributed by atoms with E-state index in [9.17, 15) is 4.79 Å². The molecule has 0 aromatic carbocycles. The Kier molecular flexibility index (Phi) is 5.62. The van der Waals surface area contributed by atoms with E-state index in [2.05, 4.69) is 37.6 Å². The van der Waals surface area contributed by atoms with Crippen LogP contribution in [0, 0.1) is 0 Å². The van der Waals surface area contributed by atoms with E-state index in [1.165, 1.54) is 0 Å². The van der Waals surface area contributed by atoms with Gasteiger partial charge in [-0.15, -0.1) is 0 Å². The molecule has 5 nitrogen and oxygen atoms in total. The fourth-order valence-electron chi connectivity index (χ4n) is 2.67. The van der Waals surface area contributed by atoms with Crippen molar-refractivity contribution in [3.8, 4) is 0 Å². The van der Waals surface area contributed by atoms with E-state index in [1.54, 1.807) is 0 Å². The molecular weight excluding hydrogens is 278 g/mol. The van der Waals surface area contributed by atoms with Crippen LogP contribution in [0.5, 0.6) is 0 Å². The zero-order valence-electron chi connectivity index (χ0n) is 14.4. The first-order chi connectivity index (χ1) is 10.4. The summed E-state index contributed by atoms with van der Waals surface area (Å²) in [4.78, 5) is 20.7. The van der Waals surface area contributed by atoms with E-state index >= 15 is 0 Å². The van der Waals surface area contributed by atoms with Gasteiger partial charge in [0, 0.05) is 38.0 Å². The van der Waals surface area contributed by atoms with Gasteiger partial charge in [0.25, 0.3) is 0 Å². The van der Waals surface area contributed by atoms with Crippen molar-refractivity contribution in [2.45, 2.75) is 58.9 Å². The van der Waals surface area contributed by atoms with Gasteiger partial charge < -0.3 is 9.32 Å². The molecule has 124 valence electrons. The van der Waals surface area contributed by atoms with Gasteiger partial charge in [-0.1, -0.05) is 27.7 Å². The van der Waals surface area contributed by atoms with Crippen molar-refractivity contribution < 1.29 is 9.21 Å². The molecule has 1 fully saturated rings. The van der Waals surface area contributed by atoms with Gasteiger partial charge in [-0.2, -0.15) is 0 Å². The summed E-state index contributed by atoms with van der Waals surface area (Å²) in [5.74, 6) is 1.99. The topological polar surface area (TPSA) is 49.6 Å². The lowest BCUT2D eigenvalue weighted by Gasteiger charge is -2.21. The standard InChI is InChI=1S/C17H29N3O2/c1-5-7-16(21)20-9-6-8-19(10-11-20)13-15-18-12-14(22-15)17(2,3)4/h12H,5-11,13H2,1-4H3. The predicted molar refractivity (Wildman–Crippen MR) is 86.6 cm³/mol. The number of amides is 1. The van der Waals surface area contributed by atoms with E-state index in [1.807, 2.05) is 11.1 Å². The first-order valence-electron chi connectivity index (χ1n) is 8.35. The van der Waals surface area contributed by atoms with Crippen LogP contribution in [0.25, 0.3) is 0 Å². The second kappa shape index (κ2) is 7.27. The van der Waals surface area contributed by atoms with Crippen LogP contribution in [0.15, 0.2) is 10.6 Å². The van der Waals surface area contributed by atoms with Crippen molar-refractivity contribution in [3.63, 3.8) is 0 Å². The lowest BCUT2D eigenvalue weighted by atomic mass is 9.94. The molecule has 1 aliphatic rings. The third-order valence-corrected chi connectivity index (χ3v) is 4.06. The molecule has 2 rings (SSSR count). The van der Waals surface area contributed by atoms with Gasteiger partial charge in [-0.05, 0) is 12.8 Å². The van der Waals surface area contributed by atoms with Crippen LogP contribution >= 0.6 is 0 Å². The molecule has 5 heteroatoms. The molecule has 1 amide bonds. The zero-order valence-corrected chi connectivity index (χ0v) is 14.4. The summed E-state index contributed by atoms with van der Waals surface area (Å²) in [6.07, 6.45) is 4.44. The number of hydrogen-bond donors (Lipinski definition) is 0. The van der Waals surface area contributed by atoms with Crippen molar-refractivity contribution in [1.82, 2.24) is 14.8 Å². The summed E-state index contributed by atoms with van der Waals surface area (Å²) in [6.45, 7) is 12.7. The van der Waals surface area contributed by atoms with E-state index in [-0.39, 0.29) is 11.3 Å². The highest BCUT2D eigenvalue weighted by Crippen LogP contribution is 2.23. The Hall–Kier alpha value is -1.36. The van der Waals surface area contributed by atoms with Gasteiger partial charge in [-0.25, -0.2) is 4.98 Å². The largest absolute Gasteiger partial charge is 0.444 e. The SMILES string of the molecule is CCCC(=O)N1CCCN(Cc2ncc(C(C)(C)C)o2)CC1. The van der Waals surface area contributed by atoms with Crippen LogP contribution < -0.4 is 0 Å². The van der Waals surface area contributed by atoms with Crippen LogP contribution in [0.4, 0.5) is 0 Å². The summed E-state index contributed by atoms with van der Waals surface area (Å²) >= 11 is 0. The van der Waals surface area contributed by atoms with E-state index in [4.69, 9.17) is 4.42 Å². The fraction of sp³-hybridized carbons (Fsp3) is 0.765. The van der Waals surface area contributed by atoms with Gasteiger partial charge >= 0.3 is 0 Å². The average Bonchev–Trinajstić information content (AvgIpc) is 2.78. The number of aromatic nitrogens is 1. The highest BCUT2D eigenvalue weighted by molar-refractivity contribution is 5.76. The molecule has 0 bridgehead atoms. The molecule has 1 aromatic heterocycles. The second-order valence-electron chi connectivity index (χ2n) is 7.13. The van der Waals surface area contributed by atoms with Gasteiger partial charge in [0.15, 0.2) is 0 Å². The maximum absolute atomic E-state index is 12.0. The van der Waals surface area contributed by atoms with Crippen molar-refractivity contribution in [2.75, 3.05) is 26.2 Å². The maximum atomic E-state index is 12.0. The molecule has 0 radical (unpaired) electrons. The minimum Gasteiger partial charge on any atom is -0.444 e. The third-order valence-electron chi connectivity index (χ3n) is 4.06. The van der Waals surface area contributed by atoms with Crippen LogP contribution in [-0.2, 0) is 16.8 Å². The molecule has 1 saturated heterocycles. The molecule has 1 aliphatic heterocycles. The minimum atomic E-state index is -0.00654. The molecule has 0 aliphatic carbocycles. The number of nitrogens with zero attached hydrogens (tertiary/aromatic N) is 3. The lowest BCUT2D eigenvalue weighted by Crippen LogP contribution is -2.34. The molecule has 0 saturated carbocycles. The Bertz CT molecular complexity index is 490. The summed E-state index contributed by atoms with van der Waals surface area (Å²) in [7, 11) is 0. The highest BCUT2D eigenvalue weighted by Gasteiger charge is 2.22. The molecule has 0 spiro atoms. The number of hydrogen-bond acceptors (Lipinski definition) is 4. The summed E-state index contributed by atoms with van der Waals surface area (Å²) in [5, 5.41) is 0. The Labute approximate surface area is 133 Å². The van der Waals surface area contributed by atoms with Crippen LogP contribution in [0.1, 0.15) is 58.6 Å². The maximum Gasteiger partial charge on any atom is 0.222 e. The molecule has 0 unspecified atom stereocenters. The molecule has 1 aromatic rings. The molecule has 0 N–H and O–H groups in total. The van der Waals surface area contributed by atoms with E-state index in [0.717, 1.165) is 57.2 Å². The average molecular weight is 307 g/mol. The molecule has 2 heterocycles. The lowest BCUT2D eigenvalue weighted by molar-refractivity contribution is -0.131. The first-order valence-corrected chi connectivity index (χ1v) is 8.35. The minimum absolute atomic E-state index is 0.00654. The number of carbonyl (C=O) groups excluding carboxylic acids is 1. The van der Waals surface area contributed by atoms with E-state index < -0.39 is 0 Å². The van der Waals surface area contributed by atoms with Gasteiger partial charge in [0.05, 0.1) is 12.7 Å². The Morgan fingerprint density at radius 3 is 2.68 bits per heavy atom. The third kappa shape index (κ3) is 4.57. The normalized spacial score (nSPS) is 17.5. The summed E-state index contributed by atoms with van der Waals surface area (Å²) in [5.41, 5.74) is -0.00654. The smallest absolute Gasteiger partial charge is 0.222 e. The first kappa shape index (κ1) is 17.0. The fourth-order valence-corrected chi connectivity index (χ4v) is 2.67. The summed E-state index contributed by atoms with van der Waals surface area (Å²) in [6, 6.07) is 0. The monoisotopic (exact) mass is 307 g/mol. The molecule has 22 heavy (non-hydrogen) atoms. The molecule has 0 atom stereocenters. The Morgan fingerprint density at radius 2 is 2.05 bits per heavy atom. The molecular formula is C17H29N3O2. The second-order valence-corrected chi connectivity index (χ2v) is 7.13. The highest BCUT2D eigenvalue weighted by atomic mass is 16.4. The predicted octanol–water partition coefficient (Wildman–Crippen LogP) is 2.81. The van der Waals surface area contributed by atoms with Gasteiger partial charge in [-0.3, -0.25) is 9.69 Å². The van der Waals surface area contributed by atoms with E-state index in [0.29, 0.717) is 6.42 Å². The number of carbonyl (C=O) groups is 1. The van der Waals surface area contributed by atoms with Crippen molar-refractivity contribution in [3.05, 3.63) is 17.8 Å². The zero-order chi connectivity index (χ0) is 16.2. The number of oxazole rings is 1.